The molecule has 0 N–H and O–H groups in total. The number of carbonyl (C=O) groups excluding carboxylic acids is 1. The molecule has 0 saturated heterocycles. The van der Waals surface area contributed by atoms with Crippen LogP contribution in [-0.4, -0.2) is 5.97 Å². The Morgan fingerprint density at radius 3 is 2.44 bits per heavy atom. The molecule has 4 nitrogen and oxygen atoms in total. The number of pyridine rings is 2. The van der Waals surface area contributed by atoms with Gasteiger partial charge in [-0.15, -0.1) is 4.57 Å². The second kappa shape index (κ2) is 5.63. The van der Waals surface area contributed by atoms with Gasteiger partial charge in [0.05, 0.1) is 10.9 Å². The Hall–Kier alpha value is -3.53. The number of hydrogen-bond acceptors (Lipinski definition) is 2. The van der Waals surface area contributed by atoms with Crippen LogP contribution in [0.2, 0.25) is 0 Å². The van der Waals surface area contributed by atoms with E-state index in [0.717, 1.165) is 12.8 Å². The lowest BCUT2D eigenvalue weighted by Gasteiger charge is -2.25. The molecule has 2 aromatic carbocycles. The normalized spacial score (nSPS) is 28.6. The summed E-state index contributed by atoms with van der Waals surface area (Å²) >= 11 is 0. The van der Waals surface area contributed by atoms with Crippen molar-refractivity contribution in [2.75, 3.05) is 0 Å². The van der Waals surface area contributed by atoms with Crippen molar-refractivity contribution < 1.29 is 18.7 Å². The highest BCUT2D eigenvalue weighted by molar-refractivity contribution is 5.95. The summed E-state index contributed by atoms with van der Waals surface area (Å²) < 4.78 is 11.1. The predicted octanol–water partition coefficient (Wildman–Crippen LogP) is 4.39. The summed E-state index contributed by atoms with van der Waals surface area (Å²) in [5.41, 5.74) is 2.80. The molecule has 1 aliphatic carbocycles. The second-order valence-corrected chi connectivity index (χ2v) is 9.13. The summed E-state index contributed by atoms with van der Waals surface area (Å²) in [6, 6.07) is 25.3. The highest BCUT2D eigenvalue weighted by atomic mass is 16.6. The first-order chi connectivity index (χ1) is 15.7. The number of hydrogen-bond donors (Lipinski definition) is 0. The van der Waals surface area contributed by atoms with Crippen LogP contribution >= 0.6 is 0 Å². The number of nitrogens with zero attached hydrogens (tertiary/aromatic N) is 2. The van der Waals surface area contributed by atoms with Crippen molar-refractivity contribution in [3.8, 4) is 11.3 Å². The van der Waals surface area contributed by atoms with Gasteiger partial charge in [0.15, 0.2) is 17.8 Å². The smallest absolute Gasteiger partial charge is 0.385 e. The Morgan fingerprint density at radius 1 is 0.812 bits per heavy atom. The highest BCUT2D eigenvalue weighted by Gasteiger charge is 3.07. The third-order valence-electron chi connectivity index (χ3n) is 8.39. The predicted molar refractivity (Wildman–Crippen MR) is 120 cm³/mol. The van der Waals surface area contributed by atoms with Crippen LogP contribution in [0.4, 0.5) is 0 Å². The molecule has 4 heterocycles. The van der Waals surface area contributed by atoms with Crippen LogP contribution in [0.1, 0.15) is 42.7 Å². The van der Waals surface area contributed by atoms with Crippen LogP contribution in [0.5, 0.6) is 0 Å². The van der Waals surface area contributed by atoms with Crippen molar-refractivity contribution in [2.45, 2.75) is 43.4 Å². The number of aromatic nitrogens is 2. The molecule has 3 aliphatic rings. The minimum absolute atomic E-state index is 0.235. The van der Waals surface area contributed by atoms with Crippen molar-refractivity contribution in [2.24, 2.45) is 0 Å². The standard InChI is InChI=1S/C28H24N2O2/c1-3-26-22-14-8-7-13-21(22)24-20-12-6-5-11-19(20)16-18-30(24)27(26,4-2)28(26)29-17-10-9-15-23(29)25(31)32-28/h5-18H,3-4H2,1-2H3/q+2. The van der Waals surface area contributed by atoms with Gasteiger partial charge in [0.25, 0.3) is 11.2 Å². The number of carbonyl (C=O) groups is 1. The molecule has 1 spiro atoms. The number of benzene rings is 2. The fourth-order valence-electron chi connectivity index (χ4n) is 7.40. The quantitative estimate of drug-likeness (QED) is 0.356. The first-order valence-corrected chi connectivity index (χ1v) is 11.5. The van der Waals surface area contributed by atoms with Crippen molar-refractivity contribution in [1.82, 2.24) is 0 Å². The van der Waals surface area contributed by atoms with Crippen molar-refractivity contribution in [3.63, 3.8) is 0 Å². The zero-order valence-electron chi connectivity index (χ0n) is 18.2. The monoisotopic (exact) mass is 420 g/mol. The molecular weight excluding hydrogens is 396 g/mol. The van der Waals surface area contributed by atoms with Gasteiger partial charge in [-0.05, 0) is 35.6 Å². The van der Waals surface area contributed by atoms with Gasteiger partial charge in [-0.3, -0.25) is 0 Å². The third-order valence-corrected chi connectivity index (χ3v) is 8.39. The van der Waals surface area contributed by atoms with E-state index in [2.05, 4.69) is 83.8 Å². The summed E-state index contributed by atoms with van der Waals surface area (Å²) in [6.45, 7) is 4.46. The summed E-state index contributed by atoms with van der Waals surface area (Å²) in [6.07, 6.45) is 5.95. The van der Waals surface area contributed by atoms with Crippen molar-refractivity contribution in [3.05, 3.63) is 96.4 Å². The van der Waals surface area contributed by atoms with Crippen LogP contribution in [0, 0.1) is 0 Å². The third kappa shape index (κ3) is 1.57. The highest BCUT2D eigenvalue weighted by Crippen LogP contribution is 2.77. The number of esters is 1. The largest absolute Gasteiger partial charge is 0.409 e. The summed E-state index contributed by atoms with van der Waals surface area (Å²) in [7, 11) is 0. The first-order valence-electron chi connectivity index (χ1n) is 11.5. The molecule has 156 valence electrons. The Bertz CT molecular complexity index is 1480. The van der Waals surface area contributed by atoms with Gasteiger partial charge in [0, 0.05) is 24.6 Å². The van der Waals surface area contributed by atoms with E-state index < -0.39 is 11.3 Å². The molecule has 0 bridgehead atoms. The van der Waals surface area contributed by atoms with E-state index in [9.17, 15) is 4.79 Å². The number of rotatable bonds is 2. The SMILES string of the molecule is CCC12c3ccccc3-c3c4ccccc4cc[n+]3C1(CC)C21OC(=O)c2cccc[n+]21. The van der Waals surface area contributed by atoms with Gasteiger partial charge < -0.3 is 4.74 Å². The molecule has 7 rings (SSSR count). The maximum Gasteiger partial charge on any atom is 0.409 e. The van der Waals surface area contributed by atoms with Crippen LogP contribution in [0.3, 0.4) is 0 Å². The lowest BCUT2D eigenvalue weighted by molar-refractivity contribution is -0.830. The molecule has 4 aromatic rings. The molecule has 2 aromatic heterocycles. The zero-order chi connectivity index (χ0) is 21.7. The van der Waals surface area contributed by atoms with E-state index in [1.807, 2.05) is 24.4 Å². The van der Waals surface area contributed by atoms with Crippen molar-refractivity contribution in [1.29, 1.82) is 0 Å². The van der Waals surface area contributed by atoms with Crippen LogP contribution < -0.4 is 9.13 Å². The molecule has 32 heavy (non-hydrogen) atoms. The Morgan fingerprint density at radius 2 is 1.59 bits per heavy atom. The lowest BCUT2D eigenvalue weighted by Crippen LogP contribution is -2.60. The molecule has 4 heteroatoms. The Labute approximate surface area is 186 Å². The first kappa shape index (κ1) is 18.1. The second-order valence-electron chi connectivity index (χ2n) is 9.13. The van der Waals surface area contributed by atoms with Crippen LogP contribution in [0.15, 0.2) is 85.2 Å². The summed E-state index contributed by atoms with van der Waals surface area (Å²) in [5, 5.41) is 2.44. The minimum atomic E-state index is -0.786. The maximum atomic E-state index is 13.2. The number of fused-ring (bicyclic) bond motifs is 12. The van der Waals surface area contributed by atoms with Gasteiger partial charge >= 0.3 is 11.7 Å². The summed E-state index contributed by atoms with van der Waals surface area (Å²) in [5.74, 6) is -0.235. The van der Waals surface area contributed by atoms with Gasteiger partial charge in [-0.25, -0.2) is 4.79 Å². The van der Waals surface area contributed by atoms with Crippen LogP contribution in [-0.2, 0) is 21.4 Å². The molecule has 1 saturated carbocycles. The Kier molecular flexibility index (Phi) is 3.18. The molecule has 3 unspecified atom stereocenters. The molecule has 3 atom stereocenters. The maximum absolute atomic E-state index is 13.2. The van der Waals surface area contributed by atoms with Gasteiger partial charge in [0.2, 0.25) is 5.69 Å². The molecule has 2 aliphatic heterocycles. The van der Waals surface area contributed by atoms with E-state index in [4.69, 9.17) is 4.74 Å². The zero-order valence-corrected chi connectivity index (χ0v) is 18.2. The summed E-state index contributed by atoms with van der Waals surface area (Å²) in [4.78, 5) is 13.2. The fraction of sp³-hybridized carbons (Fsp3) is 0.250. The van der Waals surface area contributed by atoms with E-state index in [1.54, 1.807) is 0 Å². The van der Waals surface area contributed by atoms with E-state index in [0.29, 0.717) is 5.69 Å². The molecule has 0 radical (unpaired) electrons. The van der Waals surface area contributed by atoms with E-state index >= 15 is 0 Å². The Balaban J connectivity index is 1.69. The molecular formula is C28H24N2O2+2. The lowest BCUT2D eigenvalue weighted by atomic mass is 9.79. The van der Waals surface area contributed by atoms with Gasteiger partial charge in [0.1, 0.15) is 0 Å². The fourth-order valence-corrected chi connectivity index (χ4v) is 7.40. The molecule has 1 fully saturated rings. The average molecular weight is 421 g/mol. The number of ether oxygens (including phenoxy) is 1. The average Bonchev–Trinajstić information content (AvgIpc) is 3.26. The van der Waals surface area contributed by atoms with Crippen molar-refractivity contribution >= 4 is 16.7 Å². The van der Waals surface area contributed by atoms with E-state index in [-0.39, 0.29) is 11.4 Å². The topological polar surface area (TPSA) is 34.1 Å². The van der Waals surface area contributed by atoms with Gasteiger partial charge in [-0.1, -0.05) is 50.2 Å². The van der Waals surface area contributed by atoms with Crippen LogP contribution in [0.25, 0.3) is 22.0 Å². The minimum Gasteiger partial charge on any atom is -0.385 e. The molecule has 0 amide bonds. The van der Waals surface area contributed by atoms with E-state index in [1.165, 1.54) is 27.6 Å². The van der Waals surface area contributed by atoms with Gasteiger partial charge in [-0.2, -0.15) is 4.57 Å².